The minimum atomic E-state index is 0.00202. The average molecular weight is 364 g/mol. The highest BCUT2D eigenvalue weighted by atomic mass is 16.2. The number of benzene rings is 2. The molecule has 4 nitrogen and oxygen atoms in total. The van der Waals surface area contributed by atoms with E-state index in [-0.39, 0.29) is 12.1 Å². The van der Waals surface area contributed by atoms with Crippen LogP contribution < -0.4 is 4.90 Å². The summed E-state index contributed by atoms with van der Waals surface area (Å²) in [6.07, 6.45) is 2.19. The fourth-order valence-corrected chi connectivity index (χ4v) is 4.37. The van der Waals surface area contributed by atoms with E-state index in [1.165, 1.54) is 11.3 Å². The lowest BCUT2D eigenvalue weighted by Gasteiger charge is -2.53. The SMILES string of the molecule is CCCCN1C(=O)[C@@H](N2CCN(c3ccccc3)CC2)[C@@H]1c1ccccc1. The zero-order valence-corrected chi connectivity index (χ0v) is 16.1. The van der Waals surface area contributed by atoms with Crippen LogP contribution in [0.4, 0.5) is 5.69 Å². The molecule has 0 saturated carbocycles. The number of carbonyl (C=O) groups is 1. The minimum absolute atomic E-state index is 0.00202. The van der Waals surface area contributed by atoms with Crippen LogP contribution in [0.5, 0.6) is 0 Å². The highest BCUT2D eigenvalue weighted by Gasteiger charge is 2.50. The molecular formula is C23H29N3O. The number of carbonyl (C=O) groups excluding carboxylic acids is 1. The van der Waals surface area contributed by atoms with Gasteiger partial charge in [0, 0.05) is 38.4 Å². The third kappa shape index (κ3) is 3.59. The molecule has 2 heterocycles. The lowest BCUT2D eigenvalue weighted by molar-refractivity contribution is -0.160. The van der Waals surface area contributed by atoms with E-state index in [9.17, 15) is 4.79 Å². The molecule has 27 heavy (non-hydrogen) atoms. The van der Waals surface area contributed by atoms with Gasteiger partial charge in [-0.2, -0.15) is 0 Å². The summed E-state index contributed by atoms with van der Waals surface area (Å²) in [5.41, 5.74) is 2.55. The van der Waals surface area contributed by atoms with Gasteiger partial charge in [0.1, 0.15) is 6.04 Å². The summed E-state index contributed by atoms with van der Waals surface area (Å²) in [6.45, 7) is 6.89. The normalized spacial score (nSPS) is 23.4. The first kappa shape index (κ1) is 18.1. The van der Waals surface area contributed by atoms with E-state index in [2.05, 4.69) is 76.2 Å². The molecule has 1 amide bonds. The van der Waals surface area contributed by atoms with Crippen molar-refractivity contribution < 1.29 is 4.79 Å². The van der Waals surface area contributed by atoms with Crippen LogP contribution in [-0.4, -0.2) is 54.5 Å². The summed E-state index contributed by atoms with van der Waals surface area (Å²) in [6, 6.07) is 21.3. The summed E-state index contributed by atoms with van der Waals surface area (Å²) in [7, 11) is 0. The Balaban J connectivity index is 1.46. The Morgan fingerprint density at radius 3 is 2.11 bits per heavy atom. The van der Waals surface area contributed by atoms with Gasteiger partial charge in [-0.1, -0.05) is 61.9 Å². The van der Waals surface area contributed by atoms with Crippen molar-refractivity contribution in [3.05, 3.63) is 66.2 Å². The number of β-lactam (4-membered cyclic amide) rings is 1. The number of nitrogens with zero attached hydrogens (tertiary/aromatic N) is 3. The number of likely N-dealkylation sites (tertiary alicyclic amines) is 1. The van der Waals surface area contributed by atoms with E-state index in [0.29, 0.717) is 5.91 Å². The summed E-state index contributed by atoms with van der Waals surface area (Å²) < 4.78 is 0. The zero-order valence-electron chi connectivity index (χ0n) is 16.1. The number of para-hydroxylation sites is 1. The van der Waals surface area contributed by atoms with Crippen molar-refractivity contribution in [1.82, 2.24) is 9.80 Å². The predicted octanol–water partition coefficient (Wildman–Crippen LogP) is 3.56. The molecule has 0 radical (unpaired) electrons. The van der Waals surface area contributed by atoms with E-state index >= 15 is 0 Å². The Hall–Kier alpha value is -2.33. The van der Waals surface area contributed by atoms with Crippen molar-refractivity contribution in [3.8, 4) is 0 Å². The number of unbranched alkanes of at least 4 members (excludes halogenated alkanes) is 1. The van der Waals surface area contributed by atoms with E-state index < -0.39 is 0 Å². The Bertz CT molecular complexity index is 741. The van der Waals surface area contributed by atoms with Crippen molar-refractivity contribution in [2.75, 3.05) is 37.6 Å². The topological polar surface area (TPSA) is 26.8 Å². The van der Waals surface area contributed by atoms with Crippen LogP contribution in [0, 0.1) is 0 Å². The zero-order chi connectivity index (χ0) is 18.6. The number of hydrogen-bond donors (Lipinski definition) is 0. The molecule has 0 bridgehead atoms. The van der Waals surface area contributed by atoms with E-state index in [4.69, 9.17) is 0 Å². The summed E-state index contributed by atoms with van der Waals surface area (Å²) in [5.74, 6) is 0.311. The molecule has 0 aliphatic carbocycles. The molecule has 2 atom stereocenters. The van der Waals surface area contributed by atoms with Crippen molar-refractivity contribution >= 4 is 11.6 Å². The molecule has 2 fully saturated rings. The van der Waals surface area contributed by atoms with Gasteiger partial charge in [-0.3, -0.25) is 9.69 Å². The van der Waals surface area contributed by atoms with Crippen LogP contribution in [0.3, 0.4) is 0 Å². The largest absolute Gasteiger partial charge is 0.369 e. The van der Waals surface area contributed by atoms with E-state index in [1.54, 1.807) is 0 Å². The first-order valence-corrected chi connectivity index (χ1v) is 10.2. The maximum atomic E-state index is 13.0. The van der Waals surface area contributed by atoms with Gasteiger partial charge in [-0.15, -0.1) is 0 Å². The van der Waals surface area contributed by atoms with Gasteiger partial charge in [-0.25, -0.2) is 0 Å². The summed E-state index contributed by atoms with van der Waals surface area (Å²) in [4.78, 5) is 19.9. The van der Waals surface area contributed by atoms with Gasteiger partial charge in [0.25, 0.3) is 0 Å². The van der Waals surface area contributed by atoms with Gasteiger partial charge in [0.05, 0.1) is 6.04 Å². The number of amides is 1. The van der Waals surface area contributed by atoms with Crippen molar-refractivity contribution in [3.63, 3.8) is 0 Å². The molecule has 0 aromatic heterocycles. The Kier molecular flexibility index (Phi) is 5.44. The summed E-state index contributed by atoms with van der Waals surface area (Å²) in [5, 5.41) is 0. The molecule has 0 unspecified atom stereocenters. The predicted molar refractivity (Wildman–Crippen MR) is 110 cm³/mol. The second-order valence-electron chi connectivity index (χ2n) is 7.54. The number of anilines is 1. The van der Waals surface area contributed by atoms with Crippen LogP contribution in [0.15, 0.2) is 60.7 Å². The Labute approximate surface area is 162 Å². The van der Waals surface area contributed by atoms with Gasteiger partial charge < -0.3 is 9.80 Å². The average Bonchev–Trinajstić information content (AvgIpc) is 2.74. The van der Waals surface area contributed by atoms with Crippen molar-refractivity contribution in [1.29, 1.82) is 0 Å². The van der Waals surface area contributed by atoms with Crippen LogP contribution in [0.25, 0.3) is 0 Å². The van der Waals surface area contributed by atoms with E-state index in [1.807, 2.05) is 6.07 Å². The quantitative estimate of drug-likeness (QED) is 0.734. The molecule has 2 saturated heterocycles. The second kappa shape index (κ2) is 8.13. The number of hydrogen-bond acceptors (Lipinski definition) is 3. The van der Waals surface area contributed by atoms with Crippen LogP contribution >= 0.6 is 0 Å². The second-order valence-corrected chi connectivity index (χ2v) is 7.54. The molecule has 2 aliphatic rings. The third-order valence-electron chi connectivity index (χ3n) is 5.89. The Morgan fingerprint density at radius 2 is 1.48 bits per heavy atom. The van der Waals surface area contributed by atoms with Gasteiger partial charge in [0.15, 0.2) is 0 Å². The third-order valence-corrected chi connectivity index (χ3v) is 5.89. The smallest absolute Gasteiger partial charge is 0.243 e. The highest BCUT2D eigenvalue weighted by molar-refractivity contribution is 5.90. The fourth-order valence-electron chi connectivity index (χ4n) is 4.37. The van der Waals surface area contributed by atoms with Crippen LogP contribution in [0.2, 0.25) is 0 Å². The lowest BCUT2D eigenvalue weighted by atomic mass is 9.86. The molecule has 2 aromatic carbocycles. The van der Waals surface area contributed by atoms with Gasteiger partial charge in [0.2, 0.25) is 5.91 Å². The van der Waals surface area contributed by atoms with Gasteiger partial charge in [-0.05, 0) is 24.1 Å². The van der Waals surface area contributed by atoms with E-state index in [0.717, 1.165) is 45.6 Å². The first-order chi connectivity index (χ1) is 13.3. The molecule has 0 N–H and O–H groups in total. The van der Waals surface area contributed by atoms with Crippen molar-refractivity contribution in [2.45, 2.75) is 31.8 Å². The Morgan fingerprint density at radius 1 is 0.852 bits per heavy atom. The van der Waals surface area contributed by atoms with Crippen LogP contribution in [0.1, 0.15) is 31.4 Å². The molecule has 2 aromatic rings. The first-order valence-electron chi connectivity index (χ1n) is 10.2. The molecule has 4 heteroatoms. The molecule has 4 rings (SSSR count). The summed E-state index contributed by atoms with van der Waals surface area (Å²) >= 11 is 0. The van der Waals surface area contributed by atoms with Crippen molar-refractivity contribution in [2.24, 2.45) is 0 Å². The molecular weight excluding hydrogens is 334 g/mol. The fraction of sp³-hybridized carbons (Fsp3) is 0.435. The van der Waals surface area contributed by atoms with Gasteiger partial charge >= 0.3 is 0 Å². The number of rotatable bonds is 6. The maximum Gasteiger partial charge on any atom is 0.243 e. The minimum Gasteiger partial charge on any atom is -0.369 e. The highest BCUT2D eigenvalue weighted by Crippen LogP contribution is 2.39. The molecule has 0 spiro atoms. The monoisotopic (exact) mass is 363 g/mol. The molecule has 142 valence electrons. The standard InChI is InChI=1S/C23H29N3O/c1-2-3-14-26-21(19-10-6-4-7-11-19)22(23(26)27)25-17-15-24(16-18-25)20-12-8-5-9-13-20/h4-13,21-22H,2-3,14-18H2,1H3/t21-,22-/m0/s1. The maximum absolute atomic E-state index is 13.0. The number of piperazine rings is 1. The van der Waals surface area contributed by atoms with Crippen LogP contribution in [-0.2, 0) is 4.79 Å². The molecule has 2 aliphatic heterocycles. The lowest BCUT2D eigenvalue weighted by Crippen LogP contribution is -2.68.